The average Bonchev–Trinajstić information content (AvgIpc) is 1.74. The molecule has 0 amide bonds. The molecule has 2 aliphatic heterocycles. The molecule has 2 saturated heterocycles. The molecule has 2 rings (SSSR count). The van der Waals surface area contributed by atoms with Crippen LogP contribution in [0, 0.1) is 0 Å². The fraction of sp³-hybridized carbons (Fsp3) is 1.00. The molecule has 2 aliphatic rings. The van der Waals surface area contributed by atoms with E-state index in [0.29, 0.717) is 11.1 Å². The number of nitrogens with zero attached hydrogens (tertiary/aromatic N) is 2. The Morgan fingerprint density at radius 3 is 2.00 bits per heavy atom. The lowest BCUT2D eigenvalue weighted by Gasteiger charge is -2.67. The second kappa shape index (κ2) is 2.96. The van der Waals surface area contributed by atoms with Crippen LogP contribution in [0.2, 0.25) is 0 Å². The zero-order valence-corrected chi connectivity index (χ0v) is 10.3. The number of hydrogen-bond acceptors (Lipinski definition) is 2. The summed E-state index contributed by atoms with van der Waals surface area (Å²) in [5.41, 5.74) is 0.920. The highest BCUT2D eigenvalue weighted by Crippen LogP contribution is 2.44. The summed E-state index contributed by atoms with van der Waals surface area (Å²) in [4.78, 5) is 5.27. The zero-order chi connectivity index (χ0) is 10.6. The van der Waals surface area contributed by atoms with Crippen LogP contribution in [-0.4, -0.2) is 46.6 Å². The van der Waals surface area contributed by atoms with E-state index in [9.17, 15) is 0 Å². The van der Waals surface area contributed by atoms with Gasteiger partial charge in [-0.05, 0) is 41.0 Å². The SMILES string of the molecule is CC(C)N1CC2(CCN2C(C)(C)C)C1. The minimum absolute atomic E-state index is 0.362. The smallest absolute Gasteiger partial charge is 0.0480 e. The lowest BCUT2D eigenvalue weighted by molar-refractivity contribution is -0.169. The van der Waals surface area contributed by atoms with E-state index in [4.69, 9.17) is 0 Å². The Bertz CT molecular complexity index is 221. The van der Waals surface area contributed by atoms with Gasteiger partial charge in [0.2, 0.25) is 0 Å². The Hall–Kier alpha value is -0.0800. The fourth-order valence-electron chi connectivity index (χ4n) is 2.99. The predicted octanol–water partition coefficient (Wildman–Crippen LogP) is 1.95. The quantitative estimate of drug-likeness (QED) is 0.632. The van der Waals surface area contributed by atoms with Crippen LogP contribution in [0.25, 0.3) is 0 Å². The molecule has 0 radical (unpaired) electrons. The van der Waals surface area contributed by atoms with Crippen molar-refractivity contribution in [1.29, 1.82) is 0 Å². The van der Waals surface area contributed by atoms with Gasteiger partial charge in [-0.1, -0.05) is 0 Å². The van der Waals surface area contributed by atoms with E-state index in [1.165, 1.54) is 26.1 Å². The Labute approximate surface area is 88.3 Å². The van der Waals surface area contributed by atoms with Crippen LogP contribution in [0.5, 0.6) is 0 Å². The maximum Gasteiger partial charge on any atom is 0.0480 e. The van der Waals surface area contributed by atoms with Crippen molar-refractivity contribution in [2.24, 2.45) is 0 Å². The van der Waals surface area contributed by atoms with Crippen LogP contribution in [0.3, 0.4) is 0 Å². The molecule has 0 bridgehead atoms. The Morgan fingerprint density at radius 1 is 1.14 bits per heavy atom. The summed E-state index contributed by atoms with van der Waals surface area (Å²) in [6, 6.07) is 0.725. The molecule has 2 heteroatoms. The molecule has 0 N–H and O–H groups in total. The molecule has 2 fully saturated rings. The van der Waals surface area contributed by atoms with E-state index in [-0.39, 0.29) is 0 Å². The summed E-state index contributed by atoms with van der Waals surface area (Å²) in [7, 11) is 0. The lowest BCUT2D eigenvalue weighted by atomic mass is 9.73. The maximum atomic E-state index is 2.69. The van der Waals surface area contributed by atoms with Gasteiger partial charge in [0.1, 0.15) is 0 Å². The zero-order valence-electron chi connectivity index (χ0n) is 10.3. The molecule has 1 spiro atoms. The van der Waals surface area contributed by atoms with Crippen molar-refractivity contribution in [3.05, 3.63) is 0 Å². The van der Waals surface area contributed by atoms with Crippen LogP contribution in [0.15, 0.2) is 0 Å². The Kier molecular flexibility index (Phi) is 2.20. The van der Waals surface area contributed by atoms with Crippen molar-refractivity contribution in [2.75, 3.05) is 19.6 Å². The van der Waals surface area contributed by atoms with Gasteiger partial charge in [-0.15, -0.1) is 0 Å². The van der Waals surface area contributed by atoms with Crippen LogP contribution in [0.4, 0.5) is 0 Å². The second-order valence-electron chi connectivity index (χ2n) is 6.30. The molecule has 0 saturated carbocycles. The molecular formula is C12H24N2. The van der Waals surface area contributed by atoms with Crippen molar-refractivity contribution < 1.29 is 0 Å². The molecule has 0 aromatic carbocycles. The van der Waals surface area contributed by atoms with Gasteiger partial charge >= 0.3 is 0 Å². The first-order chi connectivity index (χ1) is 6.35. The Balaban J connectivity index is 1.96. The topological polar surface area (TPSA) is 6.48 Å². The van der Waals surface area contributed by atoms with Gasteiger partial charge in [-0.25, -0.2) is 0 Å². The third kappa shape index (κ3) is 1.40. The van der Waals surface area contributed by atoms with Gasteiger partial charge in [-0.2, -0.15) is 0 Å². The third-order valence-electron chi connectivity index (χ3n) is 3.91. The van der Waals surface area contributed by atoms with Gasteiger partial charge in [0.15, 0.2) is 0 Å². The van der Waals surface area contributed by atoms with Gasteiger partial charge in [0.05, 0.1) is 0 Å². The van der Waals surface area contributed by atoms with E-state index >= 15 is 0 Å². The minimum Gasteiger partial charge on any atom is -0.297 e. The molecular weight excluding hydrogens is 172 g/mol. The molecule has 0 aromatic rings. The van der Waals surface area contributed by atoms with Crippen molar-refractivity contribution in [3.63, 3.8) is 0 Å². The van der Waals surface area contributed by atoms with Crippen molar-refractivity contribution in [3.8, 4) is 0 Å². The van der Waals surface area contributed by atoms with Gasteiger partial charge in [-0.3, -0.25) is 9.80 Å². The first-order valence-electron chi connectivity index (χ1n) is 5.87. The first kappa shape index (κ1) is 10.4. The largest absolute Gasteiger partial charge is 0.297 e. The standard InChI is InChI=1S/C12H24N2/c1-10(2)13-8-12(9-13)6-7-14(12)11(3,4)5/h10H,6-9H2,1-5H3. The normalized spacial score (nSPS) is 27.9. The maximum absolute atomic E-state index is 2.69. The summed E-state index contributed by atoms with van der Waals surface area (Å²) in [5.74, 6) is 0. The summed E-state index contributed by atoms with van der Waals surface area (Å²) in [5, 5.41) is 0. The van der Waals surface area contributed by atoms with E-state index < -0.39 is 0 Å². The summed E-state index contributed by atoms with van der Waals surface area (Å²) >= 11 is 0. The van der Waals surface area contributed by atoms with Gasteiger partial charge in [0, 0.05) is 36.8 Å². The van der Waals surface area contributed by atoms with Crippen LogP contribution in [0.1, 0.15) is 41.0 Å². The third-order valence-corrected chi connectivity index (χ3v) is 3.91. The number of rotatable bonds is 1. The van der Waals surface area contributed by atoms with Crippen molar-refractivity contribution in [2.45, 2.75) is 58.2 Å². The summed E-state index contributed by atoms with van der Waals surface area (Å²) in [6.07, 6.45) is 1.41. The second-order valence-corrected chi connectivity index (χ2v) is 6.30. The summed E-state index contributed by atoms with van der Waals surface area (Å²) < 4.78 is 0. The van der Waals surface area contributed by atoms with Crippen molar-refractivity contribution >= 4 is 0 Å². The molecule has 14 heavy (non-hydrogen) atoms. The predicted molar refractivity (Wildman–Crippen MR) is 60.5 cm³/mol. The van der Waals surface area contributed by atoms with Crippen LogP contribution in [-0.2, 0) is 0 Å². The minimum atomic E-state index is 0.362. The highest BCUT2D eigenvalue weighted by molar-refractivity contribution is 5.13. The van der Waals surface area contributed by atoms with E-state index in [2.05, 4.69) is 44.4 Å². The molecule has 2 heterocycles. The van der Waals surface area contributed by atoms with E-state index in [0.717, 1.165) is 6.04 Å². The van der Waals surface area contributed by atoms with Crippen LogP contribution >= 0.6 is 0 Å². The molecule has 2 nitrogen and oxygen atoms in total. The highest BCUT2D eigenvalue weighted by atomic mass is 15.4. The van der Waals surface area contributed by atoms with Crippen LogP contribution < -0.4 is 0 Å². The monoisotopic (exact) mass is 196 g/mol. The number of hydrogen-bond donors (Lipinski definition) is 0. The van der Waals surface area contributed by atoms with Crippen molar-refractivity contribution in [1.82, 2.24) is 9.80 Å². The molecule has 0 aliphatic carbocycles. The molecule has 82 valence electrons. The molecule has 0 aromatic heterocycles. The fourth-order valence-corrected chi connectivity index (χ4v) is 2.99. The van der Waals surface area contributed by atoms with Gasteiger partial charge < -0.3 is 0 Å². The summed E-state index contributed by atoms with van der Waals surface area (Å²) in [6.45, 7) is 15.5. The first-order valence-corrected chi connectivity index (χ1v) is 5.87. The molecule has 0 atom stereocenters. The lowest BCUT2D eigenvalue weighted by Crippen LogP contribution is -2.80. The van der Waals surface area contributed by atoms with E-state index in [1.807, 2.05) is 0 Å². The van der Waals surface area contributed by atoms with Gasteiger partial charge in [0.25, 0.3) is 0 Å². The molecule has 0 unspecified atom stereocenters. The number of likely N-dealkylation sites (tertiary alicyclic amines) is 2. The van der Waals surface area contributed by atoms with E-state index in [1.54, 1.807) is 0 Å². The highest BCUT2D eigenvalue weighted by Gasteiger charge is 2.56. The average molecular weight is 196 g/mol. The Morgan fingerprint density at radius 2 is 1.71 bits per heavy atom.